The summed E-state index contributed by atoms with van der Waals surface area (Å²) in [5, 5.41) is 12.0. The highest BCUT2D eigenvalue weighted by atomic mass is 35.5. The zero-order valence-electron chi connectivity index (χ0n) is 23.9. The third-order valence-electron chi connectivity index (χ3n) is 7.01. The summed E-state index contributed by atoms with van der Waals surface area (Å²) in [6.45, 7) is 1.53. The van der Waals surface area contributed by atoms with Crippen molar-refractivity contribution < 1.29 is 18.1 Å². The molecular weight excluding hydrogens is 691 g/mol. The van der Waals surface area contributed by atoms with Crippen molar-refractivity contribution in [2.45, 2.75) is 11.8 Å². The fraction of sp³-hybridized carbons (Fsp3) is 0.0323. The Kier molecular flexibility index (Phi) is 8.32. The number of aromatic nitrogens is 2. The number of amides is 1. The van der Waals surface area contributed by atoms with Crippen molar-refractivity contribution >= 4 is 84.9 Å². The molecule has 0 unspecified atom stereocenters. The van der Waals surface area contributed by atoms with Gasteiger partial charge in [0.25, 0.3) is 27.2 Å². The molecule has 1 amide bonds. The molecule has 0 saturated carbocycles. The van der Waals surface area contributed by atoms with Crippen LogP contribution in [0.1, 0.15) is 17.0 Å². The monoisotopic (exact) mass is 708 g/mol. The molecule has 5 aromatic rings. The minimum absolute atomic E-state index is 0.0370. The van der Waals surface area contributed by atoms with Gasteiger partial charge in [-0.3, -0.25) is 24.4 Å². The number of halogens is 3. The van der Waals surface area contributed by atoms with E-state index in [1.807, 2.05) is 0 Å². The van der Waals surface area contributed by atoms with E-state index in [1.165, 1.54) is 19.1 Å². The third kappa shape index (κ3) is 6.09. The summed E-state index contributed by atoms with van der Waals surface area (Å²) in [7, 11) is -4.44. The molecule has 0 spiro atoms. The molecule has 47 heavy (non-hydrogen) atoms. The lowest BCUT2D eigenvalue weighted by Crippen LogP contribution is -2.49. The summed E-state index contributed by atoms with van der Waals surface area (Å²) >= 11 is 18.2. The molecule has 0 saturated heterocycles. The molecule has 0 atom stereocenters. The molecule has 16 heteroatoms. The summed E-state index contributed by atoms with van der Waals surface area (Å²) in [4.78, 5) is 47.1. The molecule has 1 aliphatic heterocycles. The summed E-state index contributed by atoms with van der Waals surface area (Å²) in [5.41, 5.74) is -0.0933. The number of rotatable bonds is 7. The molecule has 6 rings (SSSR count). The van der Waals surface area contributed by atoms with E-state index in [9.17, 15) is 28.1 Å². The van der Waals surface area contributed by atoms with Gasteiger partial charge in [0.05, 0.1) is 36.5 Å². The normalized spacial score (nSPS) is 14.1. The zero-order valence-corrected chi connectivity index (χ0v) is 27.0. The predicted molar refractivity (Wildman–Crippen MR) is 180 cm³/mol. The van der Waals surface area contributed by atoms with Crippen LogP contribution < -0.4 is 15.3 Å². The van der Waals surface area contributed by atoms with Crippen LogP contribution in [0, 0.1) is 17.0 Å². The Bertz CT molecular complexity index is 2340. The second-order valence-electron chi connectivity index (χ2n) is 10.1. The molecular formula is C31H19Cl3N6O6S. The van der Waals surface area contributed by atoms with Gasteiger partial charge >= 0.3 is 0 Å². The quantitative estimate of drug-likeness (QED) is 0.117. The largest absolute Gasteiger partial charge is 0.297 e. The van der Waals surface area contributed by atoms with Gasteiger partial charge < -0.3 is 0 Å². The minimum Gasteiger partial charge on any atom is -0.277 e. The van der Waals surface area contributed by atoms with Crippen molar-refractivity contribution in [3.63, 3.8) is 0 Å². The Morgan fingerprint density at radius 2 is 1.57 bits per heavy atom. The molecule has 1 N–H and O–H groups in total. The molecule has 0 bridgehead atoms. The van der Waals surface area contributed by atoms with Gasteiger partial charge in [0.2, 0.25) is 0 Å². The van der Waals surface area contributed by atoms with Crippen LogP contribution in [0.3, 0.4) is 0 Å². The second-order valence-corrected chi connectivity index (χ2v) is 13.0. The Balaban J connectivity index is 1.46. The molecule has 4 aromatic carbocycles. The SMILES string of the molecule is Cc1nc2ccc(S(=O)(=O)Nc3c(Cl)cc([N+](=O)[O-])cc3Cl)cc2c(=O)n1N1C(=O)/C(=C/c2ccc(Cl)cc2)N=C1c1ccccc1. The van der Waals surface area contributed by atoms with Crippen LogP contribution in [-0.2, 0) is 14.8 Å². The first-order valence-corrected chi connectivity index (χ1v) is 16.1. The fourth-order valence-electron chi connectivity index (χ4n) is 4.81. The van der Waals surface area contributed by atoms with Crippen molar-refractivity contribution in [3.8, 4) is 0 Å². The summed E-state index contributed by atoms with van der Waals surface area (Å²) in [6.07, 6.45) is 1.56. The van der Waals surface area contributed by atoms with Gasteiger partial charge in [0, 0.05) is 22.7 Å². The van der Waals surface area contributed by atoms with Crippen LogP contribution in [0.15, 0.2) is 105 Å². The number of amidine groups is 1. The number of anilines is 1. The lowest BCUT2D eigenvalue weighted by atomic mass is 10.2. The fourth-order valence-corrected chi connectivity index (χ4v) is 6.74. The van der Waals surface area contributed by atoms with E-state index in [1.54, 1.807) is 60.7 Å². The maximum atomic E-state index is 14.1. The number of non-ortho nitro benzene ring substituents is 1. The zero-order chi connectivity index (χ0) is 33.6. The van der Waals surface area contributed by atoms with E-state index in [2.05, 4.69) is 14.7 Å². The first kappa shape index (κ1) is 31.9. The van der Waals surface area contributed by atoms with Crippen molar-refractivity contribution in [1.82, 2.24) is 9.66 Å². The molecule has 0 aliphatic carbocycles. The van der Waals surface area contributed by atoms with E-state index in [0.29, 0.717) is 16.1 Å². The van der Waals surface area contributed by atoms with Gasteiger partial charge in [0.15, 0.2) is 5.84 Å². The number of nitro benzene ring substituents is 1. The van der Waals surface area contributed by atoms with Crippen molar-refractivity contribution in [1.29, 1.82) is 0 Å². The Morgan fingerprint density at radius 1 is 0.915 bits per heavy atom. The number of hydrogen-bond donors (Lipinski definition) is 1. The number of nitrogens with one attached hydrogen (secondary N) is 1. The standard InChI is InChI=1S/C31H19Cl3N6O6S/c1-17-35-26-12-11-22(47(45,46)37-28-24(33)14-21(40(43)44)15-25(28)34)16-23(26)30(41)38(17)39-29(19-5-3-2-4-6-19)36-27(31(39)42)13-18-7-9-20(32)10-8-18/h2-16,37H,1H3/b27-13-. The molecule has 1 aliphatic rings. The Hall–Kier alpha value is -5.08. The molecule has 236 valence electrons. The first-order chi connectivity index (χ1) is 22.3. The summed E-state index contributed by atoms with van der Waals surface area (Å²) in [5.74, 6) is -0.349. The van der Waals surface area contributed by atoms with Crippen LogP contribution in [0.25, 0.3) is 17.0 Å². The van der Waals surface area contributed by atoms with Gasteiger partial charge in [-0.05, 0) is 48.9 Å². The molecule has 2 heterocycles. The first-order valence-electron chi connectivity index (χ1n) is 13.5. The lowest BCUT2D eigenvalue weighted by Gasteiger charge is -2.22. The highest BCUT2D eigenvalue weighted by molar-refractivity contribution is 7.92. The van der Waals surface area contributed by atoms with E-state index < -0.39 is 32.1 Å². The summed E-state index contributed by atoms with van der Waals surface area (Å²) < 4.78 is 30.1. The van der Waals surface area contributed by atoms with Gasteiger partial charge in [-0.15, -0.1) is 0 Å². The third-order valence-corrected chi connectivity index (χ3v) is 9.20. The predicted octanol–water partition coefficient (Wildman–Crippen LogP) is 6.34. The summed E-state index contributed by atoms with van der Waals surface area (Å²) in [6, 6.07) is 21.1. The molecule has 0 fully saturated rings. The number of nitro groups is 1. The van der Waals surface area contributed by atoms with Crippen LogP contribution >= 0.6 is 34.8 Å². The highest BCUT2D eigenvalue weighted by Gasteiger charge is 2.35. The molecule has 12 nitrogen and oxygen atoms in total. The van der Waals surface area contributed by atoms with Crippen LogP contribution in [0.2, 0.25) is 15.1 Å². The number of benzene rings is 4. The minimum atomic E-state index is -4.44. The van der Waals surface area contributed by atoms with Gasteiger partial charge in [-0.2, -0.15) is 9.69 Å². The van der Waals surface area contributed by atoms with Crippen LogP contribution in [0.4, 0.5) is 11.4 Å². The maximum absolute atomic E-state index is 14.1. The maximum Gasteiger partial charge on any atom is 0.297 e. The van der Waals surface area contributed by atoms with E-state index in [-0.39, 0.29) is 48.9 Å². The van der Waals surface area contributed by atoms with Gasteiger partial charge in [-0.1, -0.05) is 77.3 Å². The van der Waals surface area contributed by atoms with Crippen molar-refractivity contribution in [2.75, 3.05) is 9.73 Å². The number of fused-ring (bicyclic) bond motifs is 1. The van der Waals surface area contributed by atoms with E-state index in [4.69, 9.17) is 34.8 Å². The Morgan fingerprint density at radius 3 is 2.21 bits per heavy atom. The van der Waals surface area contributed by atoms with Gasteiger partial charge in [-0.25, -0.2) is 18.4 Å². The smallest absolute Gasteiger partial charge is 0.277 e. The number of carbonyl (C=O) groups is 1. The number of carbonyl (C=O) groups excluding carboxylic acids is 1. The van der Waals surface area contributed by atoms with Crippen LogP contribution in [0.5, 0.6) is 0 Å². The average Bonchev–Trinajstić information content (AvgIpc) is 3.35. The average molecular weight is 710 g/mol. The molecule has 1 aromatic heterocycles. The van der Waals surface area contributed by atoms with Gasteiger partial charge in [0.1, 0.15) is 11.5 Å². The number of nitrogens with zero attached hydrogens (tertiary/aromatic N) is 5. The van der Waals surface area contributed by atoms with Crippen molar-refractivity contribution in [3.05, 3.63) is 143 Å². The number of aliphatic imine (C=N–C) groups is 1. The number of sulfonamides is 1. The Labute approximate surface area is 281 Å². The van der Waals surface area contributed by atoms with E-state index >= 15 is 0 Å². The molecule has 0 radical (unpaired) electrons. The topological polar surface area (TPSA) is 157 Å². The highest BCUT2D eigenvalue weighted by Crippen LogP contribution is 2.36. The van der Waals surface area contributed by atoms with Crippen molar-refractivity contribution in [2.24, 2.45) is 4.99 Å². The van der Waals surface area contributed by atoms with Crippen LogP contribution in [-0.4, -0.2) is 34.7 Å². The second kappa shape index (κ2) is 12.3. The number of aryl methyl sites for hydroxylation is 1. The lowest BCUT2D eigenvalue weighted by molar-refractivity contribution is -0.384. The number of hydrogen-bond acceptors (Lipinski definition) is 8. The van der Waals surface area contributed by atoms with E-state index in [0.717, 1.165) is 27.9 Å².